The van der Waals surface area contributed by atoms with Gasteiger partial charge in [0, 0.05) is 5.69 Å². The van der Waals surface area contributed by atoms with Crippen LogP contribution in [0.2, 0.25) is 0 Å². The number of esters is 2. The number of hydrogen-bond acceptors (Lipinski definition) is 9. The van der Waals surface area contributed by atoms with Crippen molar-refractivity contribution < 1.29 is 28.2 Å². The van der Waals surface area contributed by atoms with Crippen molar-refractivity contribution >= 4 is 28.5 Å². The minimum Gasteiger partial charge on any atom is -0.466 e. The highest BCUT2D eigenvalue weighted by molar-refractivity contribution is 6.03. The Labute approximate surface area is 145 Å². The molecule has 2 aromatic rings. The number of benzene rings is 1. The van der Waals surface area contributed by atoms with Crippen molar-refractivity contribution in [1.29, 1.82) is 0 Å². The second kappa shape index (κ2) is 6.84. The average molecular weight is 362 g/mol. The van der Waals surface area contributed by atoms with Crippen LogP contribution in [0.3, 0.4) is 0 Å². The number of H-pyrrole nitrogens is 1. The summed E-state index contributed by atoms with van der Waals surface area (Å²) < 4.78 is 19.3. The Morgan fingerprint density at radius 2 is 1.88 bits per heavy atom. The Kier molecular flexibility index (Phi) is 4.59. The lowest BCUT2D eigenvalue weighted by atomic mass is 10.1. The number of nitrogens with one attached hydrogen (secondary N) is 1. The quantitative estimate of drug-likeness (QED) is 0.743. The molecule has 10 nitrogen and oxygen atoms in total. The predicted molar refractivity (Wildman–Crippen MR) is 87.5 cm³/mol. The maximum atomic E-state index is 12.2. The topological polar surface area (TPSA) is 128 Å². The first kappa shape index (κ1) is 17.4. The summed E-state index contributed by atoms with van der Waals surface area (Å²) >= 11 is 0. The Morgan fingerprint density at radius 1 is 1.15 bits per heavy atom. The van der Waals surface area contributed by atoms with Gasteiger partial charge in [-0.1, -0.05) is 0 Å². The van der Waals surface area contributed by atoms with Gasteiger partial charge in [0.2, 0.25) is 0 Å². The molecular weight excluding hydrogens is 348 g/mol. The van der Waals surface area contributed by atoms with Crippen LogP contribution in [0, 0.1) is 0 Å². The van der Waals surface area contributed by atoms with Crippen LogP contribution in [0.25, 0.3) is 10.9 Å². The van der Waals surface area contributed by atoms with E-state index in [1.807, 2.05) is 0 Å². The number of carbonyl (C=O) groups is 2. The van der Waals surface area contributed by atoms with E-state index in [1.54, 1.807) is 6.07 Å². The van der Waals surface area contributed by atoms with Crippen molar-refractivity contribution in [3.05, 3.63) is 50.4 Å². The first-order valence-corrected chi connectivity index (χ1v) is 7.38. The molecule has 0 aliphatic carbocycles. The second-order valence-electron chi connectivity index (χ2n) is 5.25. The number of methoxy groups -OCH3 is 2. The minimum absolute atomic E-state index is 0.0146. The number of rotatable bonds is 3. The normalized spacial score (nSPS) is 14.5. The molecule has 136 valence electrons. The lowest BCUT2D eigenvalue weighted by molar-refractivity contribution is -0.140. The zero-order valence-electron chi connectivity index (χ0n) is 13.9. The molecule has 0 unspecified atom stereocenters. The lowest BCUT2D eigenvalue weighted by Gasteiger charge is -2.31. The molecule has 26 heavy (non-hydrogen) atoms. The molecular formula is C16H14N2O8. The molecule has 0 spiro atoms. The van der Waals surface area contributed by atoms with E-state index in [0.29, 0.717) is 5.69 Å². The van der Waals surface area contributed by atoms with Gasteiger partial charge in [-0.25, -0.2) is 19.2 Å². The van der Waals surface area contributed by atoms with Crippen LogP contribution in [-0.4, -0.2) is 44.5 Å². The Bertz CT molecular complexity index is 1030. The number of anilines is 1. The predicted octanol–water partition coefficient (Wildman–Crippen LogP) is -0.125. The van der Waals surface area contributed by atoms with Crippen LogP contribution in [-0.2, 0) is 23.8 Å². The highest BCUT2D eigenvalue weighted by Crippen LogP contribution is 2.28. The smallest absolute Gasteiger partial charge is 0.419 e. The fraction of sp³-hybridized carbons (Fsp3) is 0.250. The van der Waals surface area contributed by atoms with Gasteiger partial charge < -0.3 is 23.5 Å². The van der Waals surface area contributed by atoms with Crippen molar-refractivity contribution in [2.75, 3.05) is 32.5 Å². The van der Waals surface area contributed by atoms with Crippen molar-refractivity contribution in [3.63, 3.8) is 0 Å². The van der Waals surface area contributed by atoms with Gasteiger partial charge in [0.25, 0.3) is 0 Å². The van der Waals surface area contributed by atoms with Crippen LogP contribution >= 0.6 is 0 Å². The fourth-order valence-corrected chi connectivity index (χ4v) is 2.60. The van der Waals surface area contributed by atoms with Crippen LogP contribution in [0.4, 0.5) is 5.69 Å². The van der Waals surface area contributed by atoms with E-state index in [4.69, 9.17) is 9.47 Å². The monoisotopic (exact) mass is 362 g/mol. The number of ether oxygens (including phenoxy) is 3. The van der Waals surface area contributed by atoms with Gasteiger partial charge in [-0.2, -0.15) is 0 Å². The van der Waals surface area contributed by atoms with Crippen molar-refractivity contribution in [1.82, 2.24) is 4.98 Å². The Balaban J connectivity index is 2.19. The lowest BCUT2D eigenvalue weighted by Crippen LogP contribution is -2.38. The van der Waals surface area contributed by atoms with Gasteiger partial charge in [0.05, 0.1) is 37.3 Å². The number of aromatic amines is 1. The standard InChI is InChI=1S/C16H14N2O8/c1-23-13(19)10-6-25-7-18(12(10)15(21)24-2)8-3-4-11-9(5-8)14(20)26-16(22)17-11/h3-5H,6-7H2,1-2H3,(H,17,22). The summed E-state index contributed by atoms with van der Waals surface area (Å²) in [6.45, 7) is -0.193. The maximum absolute atomic E-state index is 12.2. The number of fused-ring (bicyclic) bond motifs is 1. The van der Waals surface area contributed by atoms with E-state index < -0.39 is 23.3 Å². The summed E-state index contributed by atoms with van der Waals surface area (Å²) in [5.74, 6) is -2.37. The molecule has 2 heterocycles. The van der Waals surface area contributed by atoms with Gasteiger partial charge in [-0.05, 0) is 18.2 Å². The third-order valence-electron chi connectivity index (χ3n) is 3.79. The summed E-state index contributed by atoms with van der Waals surface area (Å²) in [4.78, 5) is 51.1. The zero-order valence-corrected chi connectivity index (χ0v) is 13.9. The molecule has 1 N–H and O–H groups in total. The summed E-state index contributed by atoms with van der Waals surface area (Å²) in [5.41, 5.74) is -0.277. The van der Waals surface area contributed by atoms with Crippen molar-refractivity contribution in [2.24, 2.45) is 0 Å². The Hall–Kier alpha value is -3.40. The van der Waals surface area contributed by atoms with E-state index in [-0.39, 0.29) is 35.5 Å². The summed E-state index contributed by atoms with van der Waals surface area (Å²) in [6, 6.07) is 4.43. The molecule has 0 saturated carbocycles. The first-order valence-electron chi connectivity index (χ1n) is 7.38. The van der Waals surface area contributed by atoms with E-state index >= 15 is 0 Å². The van der Waals surface area contributed by atoms with Gasteiger partial charge in [0.15, 0.2) is 0 Å². The van der Waals surface area contributed by atoms with Gasteiger partial charge in [0.1, 0.15) is 12.4 Å². The molecule has 1 aromatic carbocycles. The van der Waals surface area contributed by atoms with E-state index in [2.05, 4.69) is 14.1 Å². The summed E-state index contributed by atoms with van der Waals surface area (Å²) in [6.07, 6.45) is 0. The third-order valence-corrected chi connectivity index (χ3v) is 3.79. The molecule has 10 heteroatoms. The largest absolute Gasteiger partial charge is 0.466 e. The molecule has 0 atom stereocenters. The van der Waals surface area contributed by atoms with Crippen molar-refractivity contribution in [2.45, 2.75) is 0 Å². The molecule has 0 amide bonds. The fourth-order valence-electron chi connectivity index (χ4n) is 2.60. The minimum atomic E-state index is -0.875. The molecule has 3 rings (SSSR count). The van der Waals surface area contributed by atoms with E-state index in [9.17, 15) is 19.2 Å². The third kappa shape index (κ3) is 2.97. The number of hydrogen-bond donors (Lipinski definition) is 1. The van der Waals surface area contributed by atoms with Crippen LogP contribution in [0.15, 0.2) is 43.5 Å². The second-order valence-corrected chi connectivity index (χ2v) is 5.25. The number of aromatic nitrogens is 1. The maximum Gasteiger partial charge on any atom is 0.419 e. The van der Waals surface area contributed by atoms with Crippen LogP contribution in [0.1, 0.15) is 0 Å². The molecule has 1 aliphatic rings. The van der Waals surface area contributed by atoms with Crippen LogP contribution < -0.4 is 16.3 Å². The molecule has 0 radical (unpaired) electrons. The van der Waals surface area contributed by atoms with Crippen molar-refractivity contribution in [3.8, 4) is 0 Å². The van der Waals surface area contributed by atoms with Gasteiger partial charge >= 0.3 is 23.3 Å². The summed E-state index contributed by atoms with van der Waals surface area (Å²) in [5, 5.41) is 0.0940. The Morgan fingerprint density at radius 3 is 2.58 bits per heavy atom. The van der Waals surface area contributed by atoms with E-state index in [1.165, 1.54) is 31.3 Å². The molecule has 0 saturated heterocycles. The molecule has 0 fully saturated rings. The molecule has 1 aromatic heterocycles. The molecule has 1 aliphatic heterocycles. The van der Waals surface area contributed by atoms with Gasteiger partial charge in [-0.3, -0.25) is 4.98 Å². The molecule has 0 bridgehead atoms. The average Bonchev–Trinajstić information content (AvgIpc) is 2.65. The summed E-state index contributed by atoms with van der Waals surface area (Å²) in [7, 11) is 2.36. The number of carbonyl (C=O) groups excluding carboxylic acids is 2. The zero-order chi connectivity index (χ0) is 18.8. The van der Waals surface area contributed by atoms with Gasteiger partial charge in [-0.15, -0.1) is 0 Å². The SMILES string of the molecule is COC(=O)C1=C(C(=O)OC)N(c2ccc3[nH]c(=O)oc(=O)c3c2)COC1. The first-order chi connectivity index (χ1) is 12.5. The highest BCUT2D eigenvalue weighted by atomic mass is 16.5. The highest BCUT2D eigenvalue weighted by Gasteiger charge is 2.32. The van der Waals surface area contributed by atoms with E-state index in [0.717, 1.165) is 0 Å². The van der Waals surface area contributed by atoms with Crippen LogP contribution in [0.5, 0.6) is 0 Å². The number of nitrogens with zero attached hydrogens (tertiary/aromatic N) is 1.